The number of rotatable bonds is 10. The van der Waals surface area contributed by atoms with E-state index in [-0.39, 0.29) is 48.0 Å². The first-order valence-electron chi connectivity index (χ1n) is 20.8. The second kappa shape index (κ2) is 16.4. The summed E-state index contributed by atoms with van der Waals surface area (Å²) < 4.78 is 5.34. The van der Waals surface area contributed by atoms with E-state index >= 15 is 0 Å². The average Bonchev–Trinajstić information content (AvgIpc) is 3.70. The number of phenolic OH excluding ortho intramolecular Hbond substituents is 1. The van der Waals surface area contributed by atoms with Gasteiger partial charge in [0.2, 0.25) is 23.6 Å². The Hall–Kier alpha value is -7.48. The molecule has 14 nitrogen and oxygen atoms in total. The van der Waals surface area contributed by atoms with Crippen molar-refractivity contribution >= 4 is 69.1 Å². The second-order valence-corrected chi connectivity index (χ2v) is 16.7. The highest BCUT2D eigenvalue weighted by atomic mass is 16.5. The van der Waals surface area contributed by atoms with Crippen molar-refractivity contribution in [2.75, 3.05) is 54.9 Å². The summed E-state index contributed by atoms with van der Waals surface area (Å²) in [5, 5.41) is 28.4. The number of imide groups is 2. The van der Waals surface area contributed by atoms with Crippen molar-refractivity contribution in [2.24, 2.45) is 50.0 Å². The number of carbonyl (C=O) groups excluding carboxylic acids is 4. The maximum atomic E-state index is 14.7. The van der Waals surface area contributed by atoms with E-state index in [0.717, 1.165) is 16.9 Å². The molecule has 0 bridgehead atoms. The van der Waals surface area contributed by atoms with Gasteiger partial charge >= 0.3 is 0 Å². The van der Waals surface area contributed by atoms with E-state index in [0.29, 0.717) is 39.7 Å². The molecule has 4 amide bonds. The van der Waals surface area contributed by atoms with Crippen LogP contribution < -0.4 is 24.3 Å². The van der Waals surface area contributed by atoms with E-state index in [1.807, 2.05) is 92.6 Å². The van der Waals surface area contributed by atoms with Crippen LogP contribution in [0.25, 0.3) is 0 Å². The second-order valence-electron chi connectivity index (χ2n) is 16.7. The number of hydrogen-bond donors (Lipinski definition) is 1. The molecular formula is C49H46N8O6. The van der Waals surface area contributed by atoms with E-state index in [9.17, 15) is 24.3 Å². The number of ether oxygens (including phenoxy) is 1. The molecule has 5 aromatic carbocycles. The number of anilines is 4. The standard InChI is InChI=1S/C49H46N8O6/c1-54(2)33-15-7-29(8-16-33)50-52-31-11-19-35(20-12-31)56-46(59)38-24-23-37-39(44(38)48(56)61)27-40-45(43(37)28-6-25-42(63-5)41(58)26-28)49(62)57(47(40)60)36-21-13-32(14-22-36)53-51-30-9-17-34(18-10-30)55(3)4/h6-23,25-26,38-40,43-45,58H,24,27H2,1-5H3/t38-,39+,40+,43-,44-,45+/m0/s1. The Kier molecular flexibility index (Phi) is 10.7. The van der Waals surface area contributed by atoms with Crippen LogP contribution in [0.1, 0.15) is 24.3 Å². The molecule has 14 heteroatoms. The Morgan fingerprint density at radius 2 is 1.00 bits per heavy atom. The number of aromatic hydroxyl groups is 1. The highest BCUT2D eigenvalue weighted by molar-refractivity contribution is 6.24. The molecule has 5 aromatic rings. The van der Waals surface area contributed by atoms with Gasteiger partial charge in [-0.3, -0.25) is 29.0 Å². The molecule has 0 radical (unpaired) electrons. The van der Waals surface area contributed by atoms with Crippen LogP contribution in [-0.2, 0) is 19.2 Å². The molecule has 3 fully saturated rings. The van der Waals surface area contributed by atoms with Crippen LogP contribution in [0.2, 0.25) is 0 Å². The lowest BCUT2D eigenvalue weighted by molar-refractivity contribution is -0.126. The zero-order valence-corrected chi connectivity index (χ0v) is 35.5. The maximum absolute atomic E-state index is 14.7. The number of fused-ring (bicyclic) bond motifs is 4. The molecule has 63 heavy (non-hydrogen) atoms. The van der Waals surface area contributed by atoms with Gasteiger partial charge in [0.05, 0.1) is 64.9 Å². The quantitative estimate of drug-likeness (QED) is 0.0827. The number of methoxy groups -OCH3 is 1. The minimum Gasteiger partial charge on any atom is -0.504 e. The third-order valence-corrected chi connectivity index (χ3v) is 12.7. The average molecular weight is 843 g/mol. The molecule has 2 heterocycles. The molecule has 2 aliphatic carbocycles. The summed E-state index contributed by atoms with van der Waals surface area (Å²) in [6.45, 7) is 0. The van der Waals surface area contributed by atoms with Gasteiger partial charge in [0.1, 0.15) is 0 Å². The number of nitrogens with zero attached hydrogens (tertiary/aromatic N) is 8. The van der Waals surface area contributed by atoms with Crippen molar-refractivity contribution in [1.29, 1.82) is 0 Å². The van der Waals surface area contributed by atoms with Crippen molar-refractivity contribution < 1.29 is 29.0 Å². The predicted octanol–water partition coefficient (Wildman–Crippen LogP) is 9.41. The predicted molar refractivity (Wildman–Crippen MR) is 240 cm³/mol. The Bertz CT molecular complexity index is 2690. The van der Waals surface area contributed by atoms with Crippen LogP contribution in [0, 0.1) is 29.6 Å². The van der Waals surface area contributed by atoms with Gasteiger partial charge in [0.25, 0.3) is 0 Å². The number of phenols is 1. The smallest absolute Gasteiger partial charge is 0.238 e. The maximum Gasteiger partial charge on any atom is 0.238 e. The first kappa shape index (κ1) is 40.9. The van der Waals surface area contributed by atoms with E-state index in [2.05, 4.69) is 20.5 Å². The summed E-state index contributed by atoms with van der Waals surface area (Å²) in [6, 6.07) is 33.9. The Morgan fingerprint density at radius 3 is 1.44 bits per heavy atom. The monoisotopic (exact) mass is 842 g/mol. The van der Waals surface area contributed by atoms with Gasteiger partial charge in [-0.1, -0.05) is 17.7 Å². The minimum atomic E-state index is -0.815. The molecule has 9 rings (SSSR count). The number of carbonyl (C=O) groups is 4. The van der Waals surface area contributed by atoms with Gasteiger partial charge in [0, 0.05) is 45.5 Å². The molecule has 2 saturated heterocycles. The summed E-state index contributed by atoms with van der Waals surface area (Å²) >= 11 is 0. The van der Waals surface area contributed by atoms with Crippen molar-refractivity contribution in [3.63, 3.8) is 0 Å². The van der Waals surface area contributed by atoms with Crippen LogP contribution in [0.4, 0.5) is 45.5 Å². The summed E-state index contributed by atoms with van der Waals surface area (Å²) in [4.78, 5) is 64.5. The normalized spacial score (nSPS) is 23.0. The molecule has 2 aliphatic heterocycles. The first-order chi connectivity index (χ1) is 30.4. The number of amides is 4. The molecule has 0 unspecified atom stereocenters. The van der Waals surface area contributed by atoms with Crippen molar-refractivity contribution in [1.82, 2.24) is 0 Å². The van der Waals surface area contributed by atoms with E-state index in [1.165, 1.54) is 16.9 Å². The Morgan fingerprint density at radius 1 is 0.556 bits per heavy atom. The molecule has 1 saturated carbocycles. The highest BCUT2D eigenvalue weighted by Crippen LogP contribution is 2.59. The van der Waals surface area contributed by atoms with Crippen LogP contribution in [-0.4, -0.2) is 64.0 Å². The lowest BCUT2D eigenvalue weighted by Gasteiger charge is -2.44. The summed E-state index contributed by atoms with van der Waals surface area (Å²) in [7, 11) is 9.30. The third-order valence-electron chi connectivity index (χ3n) is 12.7. The number of allylic oxidation sites excluding steroid dienone is 2. The minimum absolute atomic E-state index is 0.113. The Labute approximate surface area is 364 Å². The van der Waals surface area contributed by atoms with E-state index < -0.39 is 35.5 Å². The van der Waals surface area contributed by atoms with Crippen LogP contribution in [0.3, 0.4) is 0 Å². The molecule has 0 spiro atoms. The molecule has 4 aliphatic rings. The number of hydrogen-bond acceptors (Lipinski definition) is 12. The SMILES string of the molecule is COc1ccc([C@H]2C3=CC[C@@H]4C(=O)N(c5ccc(N=Nc6ccc(N(C)C)cc6)cc5)C(=O)[C@@H]4[C@@H]3C[C@H]3C(=O)N(c4ccc(N=Nc5ccc(N(C)C)cc5)cc4)C(=O)[C@@H]23)cc1O. The molecule has 6 atom stereocenters. The van der Waals surface area contributed by atoms with E-state index in [1.54, 1.807) is 66.7 Å². The lowest BCUT2D eigenvalue weighted by Crippen LogP contribution is -2.43. The molecular weight excluding hydrogens is 797 g/mol. The van der Waals surface area contributed by atoms with Gasteiger partial charge in [-0.2, -0.15) is 20.5 Å². The van der Waals surface area contributed by atoms with Crippen LogP contribution in [0.15, 0.2) is 147 Å². The Balaban J connectivity index is 0.991. The zero-order valence-electron chi connectivity index (χ0n) is 35.5. The van der Waals surface area contributed by atoms with Gasteiger partial charge in [0.15, 0.2) is 11.5 Å². The fourth-order valence-corrected chi connectivity index (χ4v) is 9.58. The van der Waals surface area contributed by atoms with Crippen LogP contribution >= 0.6 is 0 Å². The van der Waals surface area contributed by atoms with Crippen molar-refractivity contribution in [2.45, 2.75) is 18.8 Å². The third kappa shape index (κ3) is 7.40. The van der Waals surface area contributed by atoms with Gasteiger partial charge < -0.3 is 19.6 Å². The zero-order chi connectivity index (χ0) is 44.1. The topological polar surface area (TPSA) is 160 Å². The molecule has 0 aromatic heterocycles. The van der Waals surface area contributed by atoms with Crippen LogP contribution in [0.5, 0.6) is 11.5 Å². The fourth-order valence-electron chi connectivity index (χ4n) is 9.58. The number of azo groups is 2. The van der Waals surface area contributed by atoms with Crippen molar-refractivity contribution in [3.05, 3.63) is 132 Å². The largest absolute Gasteiger partial charge is 0.504 e. The van der Waals surface area contributed by atoms with Gasteiger partial charge in [-0.25, -0.2) is 0 Å². The van der Waals surface area contributed by atoms with Gasteiger partial charge in [-0.15, -0.1) is 0 Å². The first-order valence-corrected chi connectivity index (χ1v) is 20.8. The number of benzene rings is 5. The van der Waals surface area contributed by atoms with Gasteiger partial charge in [-0.05, 0) is 134 Å². The van der Waals surface area contributed by atoms with Crippen molar-refractivity contribution in [3.8, 4) is 11.5 Å². The molecule has 318 valence electrons. The van der Waals surface area contributed by atoms with E-state index in [4.69, 9.17) is 4.74 Å². The summed E-state index contributed by atoms with van der Waals surface area (Å²) in [5.74, 6) is -5.44. The fraction of sp³-hybridized carbons (Fsp3) is 0.265. The lowest BCUT2D eigenvalue weighted by atomic mass is 9.57. The summed E-state index contributed by atoms with van der Waals surface area (Å²) in [6.07, 6.45) is 2.47. The summed E-state index contributed by atoms with van der Waals surface area (Å²) in [5.41, 5.74) is 6.78. The molecule has 1 N–H and O–H groups in total. The highest BCUT2D eigenvalue weighted by Gasteiger charge is 2.62.